The number of nitrogens with one attached hydrogen (secondary N) is 1. The zero-order chi connectivity index (χ0) is 23.0. The van der Waals surface area contributed by atoms with E-state index in [1.54, 1.807) is 42.1 Å². The summed E-state index contributed by atoms with van der Waals surface area (Å²) in [6, 6.07) is 23.7. The molecule has 32 heavy (non-hydrogen) atoms. The predicted molar refractivity (Wildman–Crippen MR) is 130 cm³/mol. The molecular weight excluding hydrogens is 444 g/mol. The Labute approximate surface area is 193 Å². The number of rotatable bonds is 10. The van der Waals surface area contributed by atoms with Crippen molar-refractivity contribution in [3.8, 4) is 5.75 Å². The van der Waals surface area contributed by atoms with Crippen LogP contribution in [-0.2, 0) is 16.6 Å². The summed E-state index contributed by atoms with van der Waals surface area (Å²) in [6.07, 6.45) is 3.14. The average Bonchev–Trinajstić information content (AvgIpc) is 2.80. The van der Waals surface area contributed by atoms with Gasteiger partial charge in [-0.1, -0.05) is 36.4 Å². The van der Waals surface area contributed by atoms with Gasteiger partial charge >= 0.3 is 0 Å². The molecule has 0 saturated carbocycles. The first-order valence-electron chi connectivity index (χ1n) is 10.0. The number of hydrogen-bond donors (Lipinski definition) is 1. The molecular formula is C24H26N2O4S2. The predicted octanol–water partition coefficient (Wildman–Crippen LogP) is 4.18. The fourth-order valence-electron chi connectivity index (χ4n) is 3.05. The molecule has 3 aromatic rings. The Bertz CT molecular complexity index is 1130. The number of ether oxygens (including phenoxy) is 1. The second-order valence-corrected chi connectivity index (χ2v) is 9.87. The number of carbonyl (C=O) groups is 1. The van der Waals surface area contributed by atoms with Crippen LogP contribution in [0.2, 0.25) is 0 Å². The van der Waals surface area contributed by atoms with E-state index >= 15 is 0 Å². The van der Waals surface area contributed by atoms with E-state index in [9.17, 15) is 13.2 Å². The summed E-state index contributed by atoms with van der Waals surface area (Å²) in [4.78, 5) is 13.4. The monoisotopic (exact) mass is 470 g/mol. The van der Waals surface area contributed by atoms with Gasteiger partial charge < -0.3 is 10.1 Å². The number of nitrogens with zero attached hydrogens (tertiary/aromatic N) is 1. The van der Waals surface area contributed by atoms with Crippen LogP contribution in [0.3, 0.4) is 0 Å². The maximum atomic E-state index is 12.4. The van der Waals surface area contributed by atoms with Crippen LogP contribution in [0, 0.1) is 0 Å². The fraction of sp³-hybridized carbons (Fsp3) is 0.208. The van der Waals surface area contributed by atoms with Gasteiger partial charge in [0, 0.05) is 10.5 Å². The summed E-state index contributed by atoms with van der Waals surface area (Å²) >= 11 is 1.55. The van der Waals surface area contributed by atoms with Gasteiger partial charge in [0.15, 0.2) is 0 Å². The van der Waals surface area contributed by atoms with Crippen molar-refractivity contribution in [1.29, 1.82) is 0 Å². The van der Waals surface area contributed by atoms with E-state index in [0.717, 1.165) is 16.2 Å². The molecule has 0 saturated heterocycles. The molecule has 0 bridgehead atoms. The lowest BCUT2D eigenvalue weighted by atomic mass is 10.1. The van der Waals surface area contributed by atoms with Crippen LogP contribution in [0.5, 0.6) is 5.75 Å². The van der Waals surface area contributed by atoms with Gasteiger partial charge in [-0.25, -0.2) is 8.42 Å². The van der Waals surface area contributed by atoms with Crippen molar-refractivity contribution in [2.45, 2.75) is 11.4 Å². The molecule has 0 heterocycles. The molecule has 168 valence electrons. The number of sulfonamides is 1. The summed E-state index contributed by atoms with van der Waals surface area (Å²) in [5.74, 6) is 0.547. The Balaban J connectivity index is 1.60. The first-order chi connectivity index (χ1) is 15.4. The number of amides is 1. The van der Waals surface area contributed by atoms with Crippen LogP contribution >= 0.6 is 11.8 Å². The quantitative estimate of drug-likeness (QED) is 0.355. The van der Waals surface area contributed by atoms with E-state index in [-0.39, 0.29) is 12.5 Å². The van der Waals surface area contributed by atoms with Crippen LogP contribution in [0.25, 0.3) is 0 Å². The molecule has 1 N–H and O–H groups in total. The Morgan fingerprint density at radius 3 is 2.38 bits per heavy atom. The number of benzene rings is 3. The van der Waals surface area contributed by atoms with Crippen LogP contribution < -0.4 is 14.4 Å². The fourth-order valence-corrected chi connectivity index (χ4v) is 4.38. The highest BCUT2D eigenvalue weighted by Crippen LogP contribution is 2.25. The lowest BCUT2D eigenvalue weighted by Crippen LogP contribution is -2.29. The molecule has 0 aliphatic heterocycles. The molecule has 3 aromatic carbocycles. The van der Waals surface area contributed by atoms with E-state index in [2.05, 4.69) is 5.32 Å². The molecule has 0 spiro atoms. The van der Waals surface area contributed by atoms with Crippen molar-refractivity contribution in [3.63, 3.8) is 0 Å². The Morgan fingerprint density at radius 2 is 1.72 bits per heavy atom. The van der Waals surface area contributed by atoms with E-state index in [0.29, 0.717) is 24.4 Å². The second kappa shape index (κ2) is 11.1. The van der Waals surface area contributed by atoms with Gasteiger partial charge in [0.25, 0.3) is 5.91 Å². The summed E-state index contributed by atoms with van der Waals surface area (Å²) in [7, 11) is -3.47. The van der Waals surface area contributed by atoms with Crippen molar-refractivity contribution < 1.29 is 17.9 Å². The van der Waals surface area contributed by atoms with E-state index in [1.807, 2.05) is 54.8 Å². The number of hydrogen-bond acceptors (Lipinski definition) is 5. The minimum absolute atomic E-state index is 0.184. The molecule has 1 amide bonds. The molecule has 8 heteroatoms. The first kappa shape index (κ1) is 23.7. The standard InChI is InChI=1S/C24H26N2O4S2/c1-31-23-10-6-7-21(17-23)26(32(2,28)29)18-19-11-13-20(14-12-19)24(27)25-15-16-30-22-8-4-3-5-9-22/h3-14,17H,15-16,18H2,1-2H3,(H,25,27). The second-order valence-electron chi connectivity index (χ2n) is 7.09. The number of para-hydroxylation sites is 1. The summed E-state index contributed by atoms with van der Waals surface area (Å²) in [6.45, 7) is 0.929. The van der Waals surface area contributed by atoms with Gasteiger partial charge in [-0.05, 0) is 54.3 Å². The first-order valence-corrected chi connectivity index (χ1v) is 13.1. The number of carbonyl (C=O) groups excluding carboxylic acids is 1. The van der Waals surface area contributed by atoms with Gasteiger partial charge in [-0.15, -0.1) is 11.8 Å². The number of thioether (sulfide) groups is 1. The van der Waals surface area contributed by atoms with Crippen molar-refractivity contribution in [3.05, 3.63) is 90.0 Å². The minimum Gasteiger partial charge on any atom is -0.492 e. The van der Waals surface area contributed by atoms with Crippen LogP contribution in [-0.4, -0.2) is 40.0 Å². The summed E-state index contributed by atoms with van der Waals surface area (Å²) < 4.78 is 31.7. The van der Waals surface area contributed by atoms with Crippen molar-refractivity contribution in [2.24, 2.45) is 0 Å². The molecule has 0 aromatic heterocycles. The molecule has 0 radical (unpaired) electrons. The molecule has 0 aliphatic rings. The van der Waals surface area contributed by atoms with Crippen LogP contribution in [0.4, 0.5) is 5.69 Å². The molecule has 0 fully saturated rings. The Kier molecular flexibility index (Phi) is 8.19. The van der Waals surface area contributed by atoms with Gasteiger partial charge in [0.1, 0.15) is 12.4 Å². The lowest BCUT2D eigenvalue weighted by molar-refractivity contribution is 0.0947. The zero-order valence-electron chi connectivity index (χ0n) is 18.0. The van der Waals surface area contributed by atoms with E-state index < -0.39 is 10.0 Å². The Hall–Kier alpha value is -2.97. The third-order valence-corrected chi connectivity index (χ3v) is 6.55. The summed E-state index contributed by atoms with van der Waals surface area (Å²) in [5.41, 5.74) is 1.90. The normalized spacial score (nSPS) is 11.1. The zero-order valence-corrected chi connectivity index (χ0v) is 19.7. The molecule has 3 rings (SSSR count). The molecule has 0 atom stereocenters. The minimum atomic E-state index is -3.47. The van der Waals surface area contributed by atoms with E-state index in [4.69, 9.17) is 4.74 Å². The van der Waals surface area contributed by atoms with Gasteiger partial charge in [0.2, 0.25) is 10.0 Å². The van der Waals surface area contributed by atoms with Gasteiger partial charge in [-0.2, -0.15) is 0 Å². The van der Waals surface area contributed by atoms with Crippen molar-refractivity contribution in [1.82, 2.24) is 5.32 Å². The third-order valence-electron chi connectivity index (χ3n) is 4.68. The molecule has 0 aliphatic carbocycles. The smallest absolute Gasteiger partial charge is 0.251 e. The SMILES string of the molecule is CSc1cccc(N(Cc2ccc(C(=O)NCCOc3ccccc3)cc2)S(C)(=O)=O)c1. The molecule has 0 unspecified atom stereocenters. The topological polar surface area (TPSA) is 75.7 Å². The maximum absolute atomic E-state index is 12.4. The lowest BCUT2D eigenvalue weighted by Gasteiger charge is -2.23. The van der Waals surface area contributed by atoms with Gasteiger partial charge in [0.05, 0.1) is 25.0 Å². The number of anilines is 1. The molecule has 6 nitrogen and oxygen atoms in total. The van der Waals surface area contributed by atoms with E-state index in [1.165, 1.54) is 10.6 Å². The highest BCUT2D eigenvalue weighted by atomic mass is 32.2. The third kappa shape index (κ3) is 6.77. The maximum Gasteiger partial charge on any atom is 0.251 e. The van der Waals surface area contributed by atoms with Crippen LogP contribution in [0.1, 0.15) is 15.9 Å². The highest BCUT2D eigenvalue weighted by molar-refractivity contribution is 7.98. The highest BCUT2D eigenvalue weighted by Gasteiger charge is 2.18. The average molecular weight is 471 g/mol. The van der Waals surface area contributed by atoms with Crippen molar-refractivity contribution in [2.75, 3.05) is 30.0 Å². The summed E-state index contributed by atoms with van der Waals surface area (Å²) in [5, 5.41) is 2.82. The van der Waals surface area contributed by atoms with Crippen molar-refractivity contribution >= 4 is 33.4 Å². The van der Waals surface area contributed by atoms with Crippen LogP contribution in [0.15, 0.2) is 83.8 Å². The Morgan fingerprint density at radius 1 is 1.00 bits per heavy atom. The van der Waals surface area contributed by atoms with Gasteiger partial charge in [-0.3, -0.25) is 9.10 Å². The largest absolute Gasteiger partial charge is 0.492 e.